The number of hydrogen-bond acceptors (Lipinski definition) is 3. The van der Waals surface area contributed by atoms with Crippen molar-refractivity contribution >= 4 is 5.91 Å². The van der Waals surface area contributed by atoms with Gasteiger partial charge in [0.05, 0.1) is 0 Å². The smallest absolute Gasteiger partial charge is 0.245 e. The van der Waals surface area contributed by atoms with Crippen LogP contribution in [0.5, 0.6) is 0 Å². The van der Waals surface area contributed by atoms with E-state index in [2.05, 4.69) is 23.7 Å². The van der Waals surface area contributed by atoms with E-state index in [1.54, 1.807) is 0 Å². The quantitative estimate of drug-likeness (QED) is 0.556. The van der Waals surface area contributed by atoms with Crippen LogP contribution in [0, 0.1) is 0 Å². The lowest BCUT2D eigenvalue weighted by atomic mass is 10.0. The molecule has 0 aliphatic heterocycles. The third-order valence-electron chi connectivity index (χ3n) is 2.65. The maximum atomic E-state index is 10.5. The van der Waals surface area contributed by atoms with Crippen LogP contribution in [0.25, 0.3) is 0 Å². The summed E-state index contributed by atoms with van der Waals surface area (Å²) in [6.07, 6.45) is 2.55. The largest absolute Gasteiger partial charge is 0.368 e. The van der Waals surface area contributed by atoms with Crippen molar-refractivity contribution in [1.29, 1.82) is 0 Å². The highest BCUT2D eigenvalue weighted by molar-refractivity contribution is 5.74. The van der Waals surface area contributed by atoms with Gasteiger partial charge in [0.25, 0.3) is 0 Å². The minimum atomic E-state index is -0.469. The Kier molecular flexibility index (Phi) is 3.54. The number of amides is 1. The summed E-state index contributed by atoms with van der Waals surface area (Å²) in [5, 5.41) is 0. The first kappa shape index (κ1) is 11.1. The Balaban J connectivity index is 1.86. The average Bonchev–Trinajstić information content (AvgIpc) is 3.08. The normalized spacial score (nSPS) is 15.0. The van der Waals surface area contributed by atoms with Gasteiger partial charge in [-0.25, -0.2) is 0 Å². The van der Waals surface area contributed by atoms with Crippen LogP contribution < -0.4 is 11.2 Å². The van der Waals surface area contributed by atoms with Crippen molar-refractivity contribution < 1.29 is 9.63 Å². The fraction of sp³-hybridized carbons (Fsp3) is 0.417. The van der Waals surface area contributed by atoms with Gasteiger partial charge in [0.2, 0.25) is 5.91 Å². The molecule has 0 unspecified atom stereocenters. The van der Waals surface area contributed by atoms with Crippen LogP contribution >= 0.6 is 0 Å². The van der Waals surface area contributed by atoms with E-state index >= 15 is 0 Å². The standard InChI is InChI=1S/C12H16N2O2/c13-12(15)8-16-14-7-10-3-1-2-4-11(10)9-5-6-9/h1-4,9,14H,5-8H2,(H2,13,15). The Morgan fingerprint density at radius 3 is 2.88 bits per heavy atom. The van der Waals surface area contributed by atoms with Crippen LogP contribution in [0.15, 0.2) is 24.3 Å². The summed E-state index contributed by atoms with van der Waals surface area (Å²) >= 11 is 0. The molecule has 0 aromatic heterocycles. The third-order valence-corrected chi connectivity index (χ3v) is 2.65. The maximum absolute atomic E-state index is 10.5. The Labute approximate surface area is 94.7 Å². The first-order valence-electron chi connectivity index (χ1n) is 5.48. The number of carbonyl (C=O) groups is 1. The number of nitrogens with two attached hydrogens (primary N) is 1. The summed E-state index contributed by atoms with van der Waals surface area (Å²) in [5.41, 5.74) is 10.3. The average molecular weight is 220 g/mol. The van der Waals surface area contributed by atoms with Gasteiger partial charge in [-0.3, -0.25) is 9.63 Å². The minimum absolute atomic E-state index is 0.0917. The predicted molar refractivity (Wildman–Crippen MR) is 60.4 cm³/mol. The number of hydrogen-bond donors (Lipinski definition) is 2. The first-order valence-corrected chi connectivity index (χ1v) is 5.48. The lowest BCUT2D eigenvalue weighted by Crippen LogP contribution is -2.24. The second kappa shape index (κ2) is 5.09. The zero-order valence-electron chi connectivity index (χ0n) is 9.11. The molecule has 1 fully saturated rings. The second-order valence-electron chi connectivity index (χ2n) is 4.05. The Morgan fingerprint density at radius 2 is 2.19 bits per heavy atom. The molecule has 16 heavy (non-hydrogen) atoms. The molecule has 1 aliphatic rings. The van der Waals surface area contributed by atoms with Crippen molar-refractivity contribution in [3.63, 3.8) is 0 Å². The molecule has 3 N–H and O–H groups in total. The number of benzene rings is 1. The van der Waals surface area contributed by atoms with Crippen LogP contribution in [-0.4, -0.2) is 12.5 Å². The second-order valence-corrected chi connectivity index (χ2v) is 4.05. The molecular weight excluding hydrogens is 204 g/mol. The van der Waals surface area contributed by atoms with Crippen LogP contribution in [-0.2, 0) is 16.2 Å². The molecule has 1 aliphatic carbocycles. The molecule has 1 saturated carbocycles. The molecule has 0 radical (unpaired) electrons. The van der Waals surface area contributed by atoms with Crippen LogP contribution in [0.1, 0.15) is 29.9 Å². The van der Waals surface area contributed by atoms with Crippen molar-refractivity contribution in [2.75, 3.05) is 6.61 Å². The Hall–Kier alpha value is -1.39. The highest BCUT2D eigenvalue weighted by Gasteiger charge is 2.25. The fourth-order valence-electron chi connectivity index (χ4n) is 1.74. The predicted octanol–water partition coefficient (Wildman–Crippen LogP) is 1.07. The minimum Gasteiger partial charge on any atom is -0.368 e. The van der Waals surface area contributed by atoms with Gasteiger partial charge in [0.15, 0.2) is 0 Å². The van der Waals surface area contributed by atoms with Crippen LogP contribution in [0.3, 0.4) is 0 Å². The van der Waals surface area contributed by atoms with Gasteiger partial charge >= 0.3 is 0 Å². The van der Waals surface area contributed by atoms with Gasteiger partial charge in [0, 0.05) is 6.54 Å². The van der Waals surface area contributed by atoms with E-state index < -0.39 is 5.91 Å². The molecule has 2 rings (SSSR count). The molecule has 1 amide bonds. The van der Waals surface area contributed by atoms with Gasteiger partial charge in [-0.2, -0.15) is 5.48 Å². The Morgan fingerprint density at radius 1 is 1.44 bits per heavy atom. The molecule has 0 spiro atoms. The van der Waals surface area contributed by atoms with Gasteiger partial charge in [0.1, 0.15) is 6.61 Å². The summed E-state index contributed by atoms with van der Waals surface area (Å²) in [4.78, 5) is 15.4. The lowest BCUT2D eigenvalue weighted by molar-refractivity contribution is -0.125. The van der Waals surface area contributed by atoms with E-state index in [1.807, 2.05) is 6.07 Å². The highest BCUT2D eigenvalue weighted by Crippen LogP contribution is 2.41. The van der Waals surface area contributed by atoms with Crippen molar-refractivity contribution in [3.8, 4) is 0 Å². The number of carbonyl (C=O) groups excluding carboxylic acids is 1. The number of rotatable bonds is 6. The van der Waals surface area contributed by atoms with E-state index in [-0.39, 0.29) is 6.61 Å². The highest BCUT2D eigenvalue weighted by atomic mass is 16.6. The van der Waals surface area contributed by atoms with Gasteiger partial charge in [-0.1, -0.05) is 24.3 Å². The van der Waals surface area contributed by atoms with E-state index in [4.69, 9.17) is 10.6 Å². The zero-order chi connectivity index (χ0) is 11.4. The topological polar surface area (TPSA) is 64.4 Å². The fourth-order valence-corrected chi connectivity index (χ4v) is 1.74. The van der Waals surface area contributed by atoms with Gasteiger partial charge in [-0.05, 0) is 29.9 Å². The van der Waals surface area contributed by atoms with Crippen molar-refractivity contribution in [1.82, 2.24) is 5.48 Å². The molecule has 4 heteroatoms. The van der Waals surface area contributed by atoms with Crippen molar-refractivity contribution in [3.05, 3.63) is 35.4 Å². The van der Waals surface area contributed by atoms with Gasteiger partial charge < -0.3 is 5.73 Å². The maximum Gasteiger partial charge on any atom is 0.245 e. The van der Waals surface area contributed by atoms with Crippen LogP contribution in [0.4, 0.5) is 0 Å². The number of primary amides is 1. The summed E-state index contributed by atoms with van der Waals surface area (Å²) in [6, 6.07) is 8.30. The number of hydroxylamine groups is 1. The lowest BCUT2D eigenvalue weighted by Gasteiger charge is -2.09. The molecule has 1 aromatic carbocycles. The van der Waals surface area contributed by atoms with E-state index in [0.29, 0.717) is 12.5 Å². The molecule has 0 heterocycles. The van der Waals surface area contributed by atoms with Crippen LogP contribution in [0.2, 0.25) is 0 Å². The van der Waals surface area contributed by atoms with Crippen molar-refractivity contribution in [2.45, 2.75) is 25.3 Å². The molecule has 86 valence electrons. The third kappa shape index (κ3) is 3.05. The molecule has 1 aromatic rings. The molecule has 0 bridgehead atoms. The van der Waals surface area contributed by atoms with Gasteiger partial charge in [-0.15, -0.1) is 0 Å². The number of nitrogens with one attached hydrogen (secondary N) is 1. The van der Waals surface area contributed by atoms with E-state index in [0.717, 1.165) is 0 Å². The van der Waals surface area contributed by atoms with E-state index in [9.17, 15) is 4.79 Å². The van der Waals surface area contributed by atoms with E-state index in [1.165, 1.54) is 24.0 Å². The molecule has 4 nitrogen and oxygen atoms in total. The van der Waals surface area contributed by atoms with Crippen molar-refractivity contribution in [2.24, 2.45) is 5.73 Å². The monoisotopic (exact) mass is 220 g/mol. The molecule has 0 atom stereocenters. The summed E-state index contributed by atoms with van der Waals surface area (Å²) in [6.45, 7) is 0.519. The zero-order valence-corrected chi connectivity index (χ0v) is 9.11. The Bertz CT molecular complexity index is 375. The molecule has 0 saturated heterocycles. The summed E-state index contributed by atoms with van der Waals surface area (Å²) < 4.78 is 0. The molecular formula is C12H16N2O2. The summed E-state index contributed by atoms with van der Waals surface area (Å²) in [5.74, 6) is 0.247. The first-order chi connectivity index (χ1) is 7.77. The SMILES string of the molecule is NC(=O)CONCc1ccccc1C1CC1. The summed E-state index contributed by atoms with van der Waals surface area (Å²) in [7, 11) is 0.